The SMILES string of the molecule is C=CC(=O)NCC(=O)N1CCN(C(=O)C23CC4CC(CC(C(=O)OC)(C4)C2)C3)CC1. The van der Waals surface area contributed by atoms with Gasteiger partial charge in [-0.15, -0.1) is 0 Å². The van der Waals surface area contributed by atoms with Gasteiger partial charge in [0, 0.05) is 26.2 Å². The molecule has 0 aromatic rings. The average molecular weight is 418 g/mol. The molecule has 5 aliphatic rings. The number of carbonyl (C=O) groups excluding carboxylic acids is 4. The van der Waals surface area contributed by atoms with Crippen molar-refractivity contribution in [3.05, 3.63) is 12.7 Å². The van der Waals surface area contributed by atoms with E-state index >= 15 is 0 Å². The molecule has 8 heteroatoms. The van der Waals surface area contributed by atoms with Crippen molar-refractivity contribution in [2.24, 2.45) is 22.7 Å². The second-order valence-corrected chi connectivity index (χ2v) is 9.61. The summed E-state index contributed by atoms with van der Waals surface area (Å²) in [6.45, 7) is 5.20. The largest absolute Gasteiger partial charge is 0.469 e. The molecule has 4 saturated carbocycles. The van der Waals surface area contributed by atoms with Gasteiger partial charge in [0.1, 0.15) is 0 Å². The molecule has 0 radical (unpaired) electrons. The standard InChI is InChI=1S/C22H31N3O5/c1-3-17(26)23-13-18(27)24-4-6-25(7-5-24)19(28)21-9-15-8-16(10-21)12-22(11-15,14-21)20(29)30-2/h3,15-16H,1,4-14H2,2H3,(H,23,26). The molecule has 3 amide bonds. The predicted molar refractivity (Wildman–Crippen MR) is 108 cm³/mol. The van der Waals surface area contributed by atoms with E-state index in [0.717, 1.165) is 38.2 Å². The number of carbonyl (C=O) groups is 4. The van der Waals surface area contributed by atoms with Crippen LogP contribution in [0.25, 0.3) is 0 Å². The number of hydrogen-bond donors (Lipinski definition) is 1. The molecular weight excluding hydrogens is 386 g/mol. The van der Waals surface area contributed by atoms with Crippen molar-refractivity contribution >= 4 is 23.7 Å². The van der Waals surface area contributed by atoms with E-state index in [2.05, 4.69) is 11.9 Å². The molecule has 1 N–H and O–H groups in total. The zero-order chi connectivity index (χ0) is 21.5. The van der Waals surface area contributed by atoms with Gasteiger partial charge in [0.2, 0.25) is 17.7 Å². The molecule has 4 aliphatic carbocycles. The van der Waals surface area contributed by atoms with Gasteiger partial charge in [-0.3, -0.25) is 19.2 Å². The summed E-state index contributed by atoms with van der Waals surface area (Å²) in [7, 11) is 1.45. The molecule has 1 aliphatic heterocycles. The molecule has 0 aromatic carbocycles. The highest BCUT2D eigenvalue weighted by Gasteiger charge is 2.64. The molecule has 1 saturated heterocycles. The topological polar surface area (TPSA) is 96.0 Å². The number of esters is 1. The quantitative estimate of drug-likeness (QED) is 0.525. The fourth-order valence-electron chi connectivity index (χ4n) is 6.81. The Labute approximate surface area is 177 Å². The minimum atomic E-state index is -0.490. The van der Waals surface area contributed by atoms with Crippen LogP contribution in [0.2, 0.25) is 0 Å². The summed E-state index contributed by atoms with van der Waals surface area (Å²) in [5.74, 6) is 0.314. The Morgan fingerprint density at radius 1 is 1.00 bits per heavy atom. The first kappa shape index (κ1) is 20.9. The maximum atomic E-state index is 13.6. The van der Waals surface area contributed by atoms with Gasteiger partial charge in [-0.1, -0.05) is 6.58 Å². The number of rotatable bonds is 5. The van der Waals surface area contributed by atoms with Crippen molar-refractivity contribution in [1.29, 1.82) is 0 Å². The van der Waals surface area contributed by atoms with Gasteiger partial charge in [0.15, 0.2) is 0 Å². The molecule has 0 aromatic heterocycles. The summed E-state index contributed by atoms with van der Waals surface area (Å²) < 4.78 is 5.15. The summed E-state index contributed by atoms with van der Waals surface area (Å²) in [6.07, 6.45) is 6.30. The van der Waals surface area contributed by atoms with Crippen LogP contribution in [0.15, 0.2) is 12.7 Å². The first-order valence-corrected chi connectivity index (χ1v) is 10.9. The van der Waals surface area contributed by atoms with E-state index in [1.54, 1.807) is 4.90 Å². The molecule has 8 nitrogen and oxygen atoms in total. The van der Waals surface area contributed by atoms with Crippen LogP contribution in [-0.4, -0.2) is 73.3 Å². The second-order valence-electron chi connectivity index (χ2n) is 9.61. The van der Waals surface area contributed by atoms with Gasteiger partial charge in [-0.25, -0.2) is 0 Å². The Bertz CT molecular complexity index is 757. The van der Waals surface area contributed by atoms with E-state index in [1.807, 2.05) is 4.90 Å². The average Bonchev–Trinajstić information content (AvgIpc) is 2.75. The van der Waals surface area contributed by atoms with Crippen LogP contribution in [0.1, 0.15) is 38.5 Å². The highest BCUT2D eigenvalue weighted by molar-refractivity contribution is 5.91. The Balaban J connectivity index is 1.40. The van der Waals surface area contributed by atoms with E-state index in [-0.39, 0.29) is 30.2 Å². The van der Waals surface area contributed by atoms with Crippen molar-refractivity contribution in [3.63, 3.8) is 0 Å². The van der Waals surface area contributed by atoms with Crippen molar-refractivity contribution in [2.75, 3.05) is 39.8 Å². The Kier molecular flexibility index (Phi) is 5.36. The smallest absolute Gasteiger partial charge is 0.311 e. The second kappa shape index (κ2) is 7.71. The molecule has 5 fully saturated rings. The first-order valence-electron chi connectivity index (χ1n) is 10.9. The van der Waals surface area contributed by atoms with Crippen molar-refractivity contribution in [1.82, 2.24) is 15.1 Å². The maximum Gasteiger partial charge on any atom is 0.311 e. The van der Waals surface area contributed by atoms with Gasteiger partial charge < -0.3 is 19.9 Å². The lowest BCUT2D eigenvalue weighted by Crippen LogP contribution is -2.62. The number of nitrogens with zero attached hydrogens (tertiary/aromatic N) is 2. The predicted octanol–water partition coefficient (Wildman–Crippen LogP) is 0.719. The molecule has 0 spiro atoms. The Morgan fingerprint density at radius 3 is 2.13 bits per heavy atom. The van der Waals surface area contributed by atoms with Gasteiger partial charge in [0.05, 0.1) is 24.5 Å². The van der Waals surface area contributed by atoms with Gasteiger partial charge >= 0.3 is 5.97 Å². The number of methoxy groups -OCH3 is 1. The molecule has 164 valence electrons. The number of hydrogen-bond acceptors (Lipinski definition) is 5. The van der Waals surface area contributed by atoms with Crippen molar-refractivity contribution < 1.29 is 23.9 Å². The molecule has 2 unspecified atom stereocenters. The summed E-state index contributed by atoms with van der Waals surface area (Å²) in [4.78, 5) is 53.4. The zero-order valence-electron chi connectivity index (χ0n) is 17.7. The Morgan fingerprint density at radius 2 is 1.57 bits per heavy atom. The van der Waals surface area contributed by atoms with Crippen LogP contribution in [-0.2, 0) is 23.9 Å². The third-order valence-corrected chi connectivity index (χ3v) is 7.65. The molecule has 2 atom stereocenters. The molecule has 1 heterocycles. The molecule has 30 heavy (non-hydrogen) atoms. The van der Waals surface area contributed by atoms with E-state index in [0.29, 0.717) is 44.4 Å². The van der Waals surface area contributed by atoms with Gasteiger partial charge in [-0.2, -0.15) is 0 Å². The number of ether oxygens (including phenoxy) is 1. The maximum absolute atomic E-state index is 13.6. The number of amides is 3. The minimum absolute atomic E-state index is 0.0618. The van der Waals surface area contributed by atoms with E-state index in [4.69, 9.17) is 4.74 Å². The molecular formula is C22H31N3O5. The summed E-state index contributed by atoms with van der Waals surface area (Å²) in [6, 6.07) is 0. The van der Waals surface area contributed by atoms with E-state index in [1.165, 1.54) is 7.11 Å². The fraction of sp³-hybridized carbons (Fsp3) is 0.727. The van der Waals surface area contributed by atoms with Crippen LogP contribution in [0, 0.1) is 22.7 Å². The number of piperazine rings is 1. The summed E-state index contributed by atoms with van der Waals surface area (Å²) in [5.41, 5.74) is -0.946. The highest BCUT2D eigenvalue weighted by Crippen LogP contribution is 2.66. The zero-order valence-corrected chi connectivity index (χ0v) is 17.7. The van der Waals surface area contributed by atoms with Crippen LogP contribution >= 0.6 is 0 Å². The molecule has 4 bridgehead atoms. The minimum Gasteiger partial charge on any atom is -0.469 e. The van der Waals surface area contributed by atoms with Crippen molar-refractivity contribution in [3.8, 4) is 0 Å². The lowest BCUT2D eigenvalue weighted by molar-refractivity contribution is -0.186. The highest BCUT2D eigenvalue weighted by atomic mass is 16.5. The fourth-order valence-corrected chi connectivity index (χ4v) is 6.81. The normalized spacial score (nSPS) is 34.4. The lowest BCUT2D eigenvalue weighted by Gasteiger charge is -2.60. The van der Waals surface area contributed by atoms with Crippen molar-refractivity contribution in [2.45, 2.75) is 38.5 Å². The van der Waals surface area contributed by atoms with Crippen LogP contribution in [0.5, 0.6) is 0 Å². The van der Waals surface area contributed by atoms with E-state index < -0.39 is 10.8 Å². The van der Waals surface area contributed by atoms with Gasteiger partial charge in [0.25, 0.3) is 0 Å². The third kappa shape index (κ3) is 3.50. The van der Waals surface area contributed by atoms with Gasteiger partial charge in [-0.05, 0) is 56.4 Å². The lowest BCUT2D eigenvalue weighted by atomic mass is 9.44. The third-order valence-electron chi connectivity index (χ3n) is 7.65. The first-order chi connectivity index (χ1) is 14.3. The van der Waals surface area contributed by atoms with Crippen LogP contribution in [0.4, 0.5) is 0 Å². The summed E-state index contributed by atoms with van der Waals surface area (Å²) >= 11 is 0. The Hall–Kier alpha value is -2.38. The number of nitrogens with one attached hydrogen (secondary N) is 1. The summed E-state index contributed by atoms with van der Waals surface area (Å²) in [5, 5.41) is 2.50. The van der Waals surface area contributed by atoms with Crippen LogP contribution in [0.3, 0.4) is 0 Å². The van der Waals surface area contributed by atoms with E-state index in [9.17, 15) is 19.2 Å². The van der Waals surface area contributed by atoms with Crippen LogP contribution < -0.4 is 5.32 Å². The molecule has 5 rings (SSSR count). The monoisotopic (exact) mass is 417 g/mol.